The predicted octanol–water partition coefficient (Wildman–Crippen LogP) is 23.1. The Morgan fingerprint density at radius 2 is 0.504 bits per heavy atom. The molecule has 0 aliphatic heterocycles. The van der Waals surface area contributed by atoms with Crippen molar-refractivity contribution in [3.05, 3.63) is 373 Å². The molecule has 0 aliphatic rings. The van der Waals surface area contributed by atoms with Gasteiger partial charge in [-0.15, -0.1) is 0 Å². The summed E-state index contributed by atoms with van der Waals surface area (Å²) in [5.74, 6) is 0. The molecule has 0 saturated carbocycles. The van der Waals surface area contributed by atoms with E-state index >= 15 is 0 Å². The molecule has 0 bridgehead atoms. The first-order valence-corrected chi connectivity index (χ1v) is 40.1. The summed E-state index contributed by atoms with van der Waals surface area (Å²) in [5, 5.41) is 17.8. The van der Waals surface area contributed by atoms with Crippen molar-refractivity contribution in [1.29, 1.82) is 0 Å². The monoisotopic (exact) mass is 1530 g/mol. The van der Waals surface area contributed by atoms with Crippen LogP contribution in [0.15, 0.2) is 322 Å². The molecule has 10 aromatic heterocycles. The highest BCUT2D eigenvalue weighted by Gasteiger charge is 2.29. The van der Waals surface area contributed by atoms with Crippen LogP contribution in [0.1, 0.15) is 58.3 Å². The molecule has 0 unspecified atom stereocenters. The second-order valence-electron chi connectivity index (χ2n) is 31.4. The van der Waals surface area contributed by atoms with Gasteiger partial charge in [0.05, 0.1) is 62.2 Å². The third-order valence-electron chi connectivity index (χ3n) is 24.3. The van der Waals surface area contributed by atoms with Gasteiger partial charge in [0.1, 0.15) is 71.0 Å². The lowest BCUT2D eigenvalue weighted by molar-refractivity contribution is -0.643. The molecule has 23 aromatic rings. The molecule has 10 heterocycles. The van der Waals surface area contributed by atoms with E-state index < -0.39 is 13.7 Å². The maximum Gasteiger partial charge on any atom is 0.295 e. The summed E-state index contributed by atoms with van der Waals surface area (Å²) < 4.78 is 70.4. The molecular formula is C107H95N10+5. The Labute approximate surface area is 689 Å². The van der Waals surface area contributed by atoms with Gasteiger partial charge in [-0.2, -0.15) is 22.0 Å². The van der Waals surface area contributed by atoms with E-state index in [2.05, 4.69) is 353 Å². The number of para-hydroxylation sites is 1. The predicted molar refractivity (Wildman–Crippen MR) is 487 cm³/mol. The van der Waals surface area contributed by atoms with Crippen LogP contribution < -0.4 is 22.3 Å². The van der Waals surface area contributed by atoms with E-state index in [0.717, 1.165) is 77.0 Å². The number of fused-ring (bicyclic) bond motifs is 30. The van der Waals surface area contributed by atoms with Crippen LogP contribution in [0.5, 0.6) is 0 Å². The fourth-order valence-electron chi connectivity index (χ4n) is 18.9. The number of nitrogens with zero attached hydrogens (tertiary/aromatic N) is 10. The minimum Gasteiger partial charge on any atom is -0.232 e. The second-order valence-corrected chi connectivity index (χ2v) is 31.4. The Morgan fingerprint density at radius 1 is 0.239 bits per heavy atom. The number of hydrogen-bond donors (Lipinski definition) is 0. The van der Waals surface area contributed by atoms with Crippen molar-refractivity contribution < 1.29 is 30.6 Å². The molecule has 13 aromatic carbocycles. The van der Waals surface area contributed by atoms with Crippen molar-refractivity contribution in [3.63, 3.8) is 0 Å². The molecule has 23 rings (SSSR count). The molecule has 568 valence electrons. The van der Waals surface area contributed by atoms with E-state index in [9.17, 15) is 0 Å². The maximum atomic E-state index is 8.09. The summed E-state index contributed by atoms with van der Waals surface area (Å²) >= 11 is 0. The number of aryl methyl sites for hydroxylation is 14. The van der Waals surface area contributed by atoms with Crippen LogP contribution in [-0.4, -0.2) is 22.5 Å². The van der Waals surface area contributed by atoms with Crippen LogP contribution in [-0.2, 0) is 35.2 Å². The van der Waals surface area contributed by atoms with E-state index in [1.54, 1.807) is 12.1 Å². The lowest BCUT2D eigenvalue weighted by Gasteiger charge is -2.08. The summed E-state index contributed by atoms with van der Waals surface area (Å²) in [5.41, 5.74) is 28.3. The first-order chi connectivity index (χ1) is 59.4. The van der Waals surface area contributed by atoms with Gasteiger partial charge in [-0.1, -0.05) is 249 Å². The van der Waals surface area contributed by atoms with Gasteiger partial charge in [0, 0.05) is 78.8 Å². The molecule has 10 nitrogen and oxygen atoms in total. The molecule has 0 fully saturated rings. The van der Waals surface area contributed by atoms with Crippen LogP contribution in [0.4, 0.5) is 0 Å². The topological polar surface area (TPSA) is 43.7 Å². The van der Waals surface area contributed by atoms with Crippen LogP contribution in [0, 0.1) is 62.2 Å². The average Bonchev–Trinajstić information content (AvgIpc) is 1.73. The Balaban J connectivity index is 0.000000101. The van der Waals surface area contributed by atoms with Gasteiger partial charge in [-0.3, -0.25) is 0 Å². The highest BCUT2D eigenvalue weighted by Crippen LogP contribution is 2.39. The summed E-state index contributed by atoms with van der Waals surface area (Å²) in [6.45, 7) is 10.8. The maximum absolute atomic E-state index is 8.09. The summed E-state index contributed by atoms with van der Waals surface area (Å²) in [4.78, 5) is 0. The van der Waals surface area contributed by atoms with Gasteiger partial charge in [-0.25, -0.2) is 22.8 Å². The van der Waals surface area contributed by atoms with E-state index in [1.807, 2.05) is 86.2 Å². The van der Waals surface area contributed by atoms with Gasteiger partial charge < -0.3 is 0 Å². The zero-order chi connectivity index (χ0) is 85.3. The molecule has 0 saturated heterocycles. The number of hydrogen-bond acceptors (Lipinski definition) is 0. The zero-order valence-electron chi connectivity index (χ0n) is 74.1. The lowest BCUT2D eigenvalue weighted by atomic mass is 9.99. The van der Waals surface area contributed by atoms with Crippen molar-refractivity contribution in [3.8, 4) is 33.8 Å². The third kappa shape index (κ3) is 11.9. The van der Waals surface area contributed by atoms with Crippen molar-refractivity contribution in [2.45, 2.75) is 62.2 Å². The summed E-state index contributed by atoms with van der Waals surface area (Å²) in [6.07, 6.45) is 14.9. The quantitative estimate of drug-likeness (QED) is 0.125. The Morgan fingerprint density at radius 3 is 0.906 bits per heavy atom. The average molecular weight is 1530 g/mol. The van der Waals surface area contributed by atoms with Crippen molar-refractivity contribution in [2.75, 3.05) is 0 Å². The highest BCUT2D eigenvalue weighted by molar-refractivity contribution is 6.17. The first-order valence-electron chi connectivity index (χ1n) is 43.1. The minimum atomic E-state index is -2.18. The molecular weight excluding hydrogens is 1430 g/mol. The Bertz CT molecular complexity index is 8230. The van der Waals surface area contributed by atoms with E-state index in [0.29, 0.717) is 11.1 Å². The normalized spacial score (nSPS) is 12.6. The number of aromatic nitrogens is 10. The number of pyridine rings is 5. The van der Waals surface area contributed by atoms with Crippen LogP contribution >= 0.6 is 0 Å². The van der Waals surface area contributed by atoms with Crippen LogP contribution in [0.25, 0.3) is 170 Å². The molecule has 0 aliphatic carbocycles. The van der Waals surface area contributed by atoms with Gasteiger partial charge in [0.25, 0.3) is 28.2 Å². The Hall–Kier alpha value is -14.1. The van der Waals surface area contributed by atoms with Gasteiger partial charge in [0.2, 0.25) is 0 Å². The Kier molecular flexibility index (Phi) is 16.5. The fourth-order valence-corrected chi connectivity index (χ4v) is 18.9. The standard InChI is InChI=1S/2C24H21N2.C23H19N2.2C18H17N2/c2*1-16-10-8-14-20-22(16)19-13-7-9-17(2)23(19)24-25(3)21(15-26(20)24)18-11-5-4-6-12-18;1-16-9-8-13-19-18-12-6-7-14-20(18)25-15-21(17-10-4-3-5-11-17)24(2)23(25)22(16)19;2*1-12-7-5-9-15-16(12)14-8-4-6-13(2)17(14)18-19(3)10-11-20(15)18/h2*4-15H,1-3H3;3-15H,1-2H3;2*4-11H,1-3H3/q5*+1/i1D3;;;1D3;. The van der Waals surface area contributed by atoms with Crippen LogP contribution in [0.2, 0.25) is 0 Å². The fraction of sp³-hybridized carbons (Fsp3) is 0.131. The largest absolute Gasteiger partial charge is 0.295 e. The van der Waals surface area contributed by atoms with Crippen molar-refractivity contribution in [1.82, 2.24) is 22.5 Å². The molecule has 0 N–H and O–H groups in total. The van der Waals surface area contributed by atoms with Gasteiger partial charge in [0.15, 0.2) is 17.1 Å². The van der Waals surface area contributed by atoms with Crippen molar-refractivity contribution in [2.24, 2.45) is 35.2 Å². The number of rotatable bonds is 3. The minimum absolute atomic E-state index is 0.394. The number of imidazole rings is 5. The smallest absolute Gasteiger partial charge is 0.232 e. The molecule has 117 heavy (non-hydrogen) atoms. The molecule has 10 heteroatoms. The molecule has 0 amide bonds. The highest BCUT2D eigenvalue weighted by atomic mass is 15.1. The number of benzene rings is 13. The molecule has 0 radical (unpaired) electrons. The van der Waals surface area contributed by atoms with Gasteiger partial charge >= 0.3 is 0 Å². The zero-order valence-corrected chi connectivity index (χ0v) is 68.1. The van der Waals surface area contributed by atoms with E-state index in [1.165, 1.54) is 132 Å². The summed E-state index contributed by atoms with van der Waals surface area (Å²) in [7, 11) is 10.5. The SMILES string of the molecule is Cc1cccc2c1c1cccc(C)c1c1n(C)c(-c3ccccc3)c[n+]21.Cc1cccc2c1c1cccc(C)c1c1n2cc[n+]1C.Cc1cccc2c3ccccc3[n+]3cc(-c4ccccc4)n(C)c3c12.[2H]C([2H])([2H])c1cccc2c1c1cccc(C)c1c1n(C)c(-c3ccccc3)c[n+]21.[2H]C([2H])([2H])c1cccc2c1c1cccc(C)c1c1n2cc[n+]1C. The first kappa shape index (κ1) is 66.4. The second kappa shape index (κ2) is 29.1. The van der Waals surface area contributed by atoms with Gasteiger partial charge in [-0.05, 0) is 143 Å². The summed E-state index contributed by atoms with van der Waals surface area (Å²) in [6, 6.07) is 96.4. The van der Waals surface area contributed by atoms with Crippen LogP contribution in [0.3, 0.4) is 0 Å². The van der Waals surface area contributed by atoms with E-state index in [-0.39, 0.29) is 0 Å². The molecule has 0 spiro atoms. The lowest BCUT2D eigenvalue weighted by Crippen LogP contribution is -2.26. The van der Waals surface area contributed by atoms with Crippen molar-refractivity contribution >= 4 is 137 Å². The van der Waals surface area contributed by atoms with E-state index in [4.69, 9.17) is 8.22 Å². The molecule has 0 atom stereocenters. The third-order valence-corrected chi connectivity index (χ3v) is 24.3.